The first-order chi connectivity index (χ1) is 10.9. The van der Waals surface area contributed by atoms with Crippen molar-refractivity contribution < 1.29 is 0 Å². The monoisotopic (exact) mass is 309 g/mol. The first kappa shape index (κ1) is 17.7. The lowest BCUT2D eigenvalue weighted by Crippen LogP contribution is -2.27. The third kappa shape index (κ3) is 3.49. The van der Waals surface area contributed by atoms with Gasteiger partial charge in [-0.2, -0.15) is 0 Å². The topological polar surface area (TPSA) is 12.9 Å². The Morgan fingerprint density at radius 1 is 0.826 bits per heavy atom. The minimum Gasteiger partial charge on any atom is -0.256 e. The minimum atomic E-state index is 0.160. The van der Waals surface area contributed by atoms with E-state index >= 15 is 0 Å². The van der Waals surface area contributed by atoms with Crippen molar-refractivity contribution in [3.05, 3.63) is 53.7 Å². The normalized spacial score (nSPS) is 12.4. The van der Waals surface area contributed by atoms with E-state index in [0.29, 0.717) is 0 Å². The van der Waals surface area contributed by atoms with Gasteiger partial charge in [-0.3, -0.25) is 4.98 Å². The van der Waals surface area contributed by atoms with E-state index in [9.17, 15) is 0 Å². The first-order valence-corrected chi connectivity index (χ1v) is 8.94. The average Bonchev–Trinajstić information content (AvgIpc) is 2.61. The summed E-state index contributed by atoms with van der Waals surface area (Å²) >= 11 is 0. The molecule has 0 radical (unpaired) electrons. The molecule has 0 amide bonds. The highest BCUT2D eigenvalue weighted by Crippen LogP contribution is 2.40. The molecule has 0 aliphatic rings. The van der Waals surface area contributed by atoms with Crippen LogP contribution in [0.4, 0.5) is 0 Å². The third-order valence-corrected chi connectivity index (χ3v) is 5.80. The van der Waals surface area contributed by atoms with E-state index in [1.54, 1.807) is 0 Å². The van der Waals surface area contributed by atoms with Gasteiger partial charge in [0.1, 0.15) is 0 Å². The van der Waals surface area contributed by atoms with E-state index in [-0.39, 0.29) is 10.8 Å². The average molecular weight is 309 g/mol. The van der Waals surface area contributed by atoms with Crippen molar-refractivity contribution in [1.29, 1.82) is 0 Å². The Hall–Kier alpha value is -1.63. The van der Waals surface area contributed by atoms with E-state index in [1.807, 2.05) is 0 Å². The zero-order valence-electron chi connectivity index (χ0n) is 15.6. The Kier molecular flexibility index (Phi) is 5.29. The predicted octanol–water partition coefficient (Wildman–Crippen LogP) is 6.51. The molecule has 2 aromatic rings. The van der Waals surface area contributed by atoms with Crippen LogP contribution in [-0.2, 0) is 10.8 Å². The van der Waals surface area contributed by atoms with E-state index in [2.05, 4.69) is 84.1 Å². The molecular formula is C22H31N. The number of benzene rings is 1. The summed E-state index contributed by atoms with van der Waals surface area (Å²) in [7, 11) is 0. The van der Waals surface area contributed by atoms with Crippen molar-refractivity contribution in [2.45, 2.75) is 71.6 Å². The molecular weight excluding hydrogens is 278 g/mol. The Balaban J connectivity index is 2.66. The van der Waals surface area contributed by atoms with Crippen LogP contribution in [0, 0.1) is 0 Å². The van der Waals surface area contributed by atoms with Crippen LogP contribution < -0.4 is 0 Å². The number of rotatable bonds is 6. The number of pyridine rings is 1. The van der Waals surface area contributed by atoms with E-state index in [1.165, 1.54) is 16.7 Å². The molecule has 0 atom stereocenters. The highest BCUT2D eigenvalue weighted by Gasteiger charge is 2.31. The molecule has 124 valence electrons. The molecule has 0 unspecified atom stereocenters. The summed E-state index contributed by atoms with van der Waals surface area (Å²) in [5.41, 5.74) is 5.52. The summed E-state index contributed by atoms with van der Waals surface area (Å²) in [4.78, 5) is 4.82. The molecule has 23 heavy (non-hydrogen) atoms. The maximum absolute atomic E-state index is 4.82. The SMILES string of the molecule is CCC(C)(C)c1cc(-c2ccccc2)ncc1C(C)(CC)CC. The number of hydrogen-bond donors (Lipinski definition) is 0. The van der Waals surface area contributed by atoms with Crippen LogP contribution in [0.15, 0.2) is 42.6 Å². The fraction of sp³-hybridized carbons (Fsp3) is 0.500. The van der Waals surface area contributed by atoms with Gasteiger partial charge in [-0.05, 0) is 47.3 Å². The van der Waals surface area contributed by atoms with Crippen LogP contribution in [0.2, 0.25) is 0 Å². The van der Waals surface area contributed by atoms with Gasteiger partial charge in [0, 0.05) is 11.8 Å². The second-order valence-electron chi connectivity index (χ2n) is 7.49. The van der Waals surface area contributed by atoms with Crippen LogP contribution in [0.5, 0.6) is 0 Å². The highest BCUT2D eigenvalue weighted by molar-refractivity contribution is 5.61. The van der Waals surface area contributed by atoms with Crippen LogP contribution in [0.25, 0.3) is 11.3 Å². The summed E-state index contributed by atoms with van der Waals surface area (Å²) in [5, 5.41) is 0. The first-order valence-electron chi connectivity index (χ1n) is 8.94. The van der Waals surface area contributed by atoms with Crippen LogP contribution in [-0.4, -0.2) is 4.98 Å². The molecule has 2 rings (SSSR count). The molecule has 1 aromatic heterocycles. The molecule has 1 heteroatoms. The molecule has 0 fully saturated rings. The summed E-state index contributed by atoms with van der Waals surface area (Å²) in [6.07, 6.45) is 5.55. The fourth-order valence-corrected chi connectivity index (χ4v) is 3.08. The fourth-order valence-electron chi connectivity index (χ4n) is 3.08. The minimum absolute atomic E-state index is 0.160. The molecule has 0 N–H and O–H groups in total. The van der Waals surface area contributed by atoms with Crippen LogP contribution in [0.1, 0.15) is 71.9 Å². The van der Waals surface area contributed by atoms with Gasteiger partial charge in [0.15, 0.2) is 0 Å². The van der Waals surface area contributed by atoms with Crippen molar-refractivity contribution in [3.63, 3.8) is 0 Å². The lowest BCUT2D eigenvalue weighted by Gasteiger charge is -2.35. The maximum Gasteiger partial charge on any atom is 0.0705 e. The zero-order chi connectivity index (χ0) is 17.1. The lowest BCUT2D eigenvalue weighted by molar-refractivity contribution is 0.413. The molecule has 1 nitrogen and oxygen atoms in total. The van der Waals surface area contributed by atoms with Gasteiger partial charge >= 0.3 is 0 Å². The maximum atomic E-state index is 4.82. The van der Waals surface area contributed by atoms with Crippen molar-refractivity contribution in [2.24, 2.45) is 0 Å². The Morgan fingerprint density at radius 3 is 1.96 bits per heavy atom. The second kappa shape index (κ2) is 6.86. The van der Waals surface area contributed by atoms with E-state index in [0.717, 1.165) is 25.0 Å². The van der Waals surface area contributed by atoms with E-state index < -0.39 is 0 Å². The summed E-state index contributed by atoms with van der Waals surface area (Å²) in [6, 6.07) is 12.8. The molecule has 1 heterocycles. The van der Waals surface area contributed by atoms with Crippen molar-refractivity contribution in [1.82, 2.24) is 4.98 Å². The van der Waals surface area contributed by atoms with Gasteiger partial charge in [-0.15, -0.1) is 0 Å². The molecule has 0 spiro atoms. The lowest BCUT2D eigenvalue weighted by atomic mass is 9.70. The van der Waals surface area contributed by atoms with Gasteiger partial charge in [0.05, 0.1) is 5.69 Å². The smallest absolute Gasteiger partial charge is 0.0705 e. The van der Waals surface area contributed by atoms with Crippen molar-refractivity contribution in [2.75, 3.05) is 0 Å². The van der Waals surface area contributed by atoms with Crippen LogP contribution in [0.3, 0.4) is 0 Å². The predicted molar refractivity (Wildman–Crippen MR) is 101 cm³/mol. The summed E-state index contributed by atoms with van der Waals surface area (Å²) in [5.74, 6) is 0. The number of aromatic nitrogens is 1. The quantitative estimate of drug-likeness (QED) is 0.592. The Morgan fingerprint density at radius 2 is 1.43 bits per heavy atom. The zero-order valence-corrected chi connectivity index (χ0v) is 15.6. The van der Waals surface area contributed by atoms with Gasteiger partial charge in [0.25, 0.3) is 0 Å². The van der Waals surface area contributed by atoms with Gasteiger partial charge in [-0.25, -0.2) is 0 Å². The highest BCUT2D eigenvalue weighted by atomic mass is 14.7. The summed E-state index contributed by atoms with van der Waals surface area (Å²) < 4.78 is 0. The van der Waals surface area contributed by atoms with Crippen molar-refractivity contribution in [3.8, 4) is 11.3 Å². The number of nitrogens with zero attached hydrogens (tertiary/aromatic N) is 1. The standard InChI is InChI=1S/C22H31N/c1-7-21(4,5)18-15-20(17-13-11-10-12-14-17)23-16-19(18)22(6,8-2)9-3/h10-16H,7-9H2,1-6H3. The van der Waals surface area contributed by atoms with E-state index in [4.69, 9.17) is 4.98 Å². The van der Waals surface area contributed by atoms with Gasteiger partial charge in [-0.1, -0.05) is 71.9 Å². The van der Waals surface area contributed by atoms with Gasteiger partial charge in [0.2, 0.25) is 0 Å². The molecule has 0 saturated heterocycles. The van der Waals surface area contributed by atoms with Gasteiger partial charge < -0.3 is 0 Å². The third-order valence-electron chi connectivity index (χ3n) is 5.80. The molecule has 0 aliphatic carbocycles. The van der Waals surface area contributed by atoms with Crippen LogP contribution >= 0.6 is 0 Å². The summed E-state index contributed by atoms with van der Waals surface area (Å²) in [6.45, 7) is 13.9. The largest absolute Gasteiger partial charge is 0.256 e. The molecule has 1 aromatic carbocycles. The Bertz CT molecular complexity index is 636. The van der Waals surface area contributed by atoms with Crippen molar-refractivity contribution >= 4 is 0 Å². The molecule has 0 aliphatic heterocycles. The number of hydrogen-bond acceptors (Lipinski definition) is 1. The molecule has 0 saturated carbocycles. The Labute approximate surface area is 142 Å². The second-order valence-corrected chi connectivity index (χ2v) is 7.49. The molecule has 0 bridgehead atoms.